The lowest BCUT2D eigenvalue weighted by Gasteiger charge is -2.08. The number of amides is 1. The monoisotopic (exact) mass is 360 g/mol. The maximum absolute atomic E-state index is 13.2. The molecule has 0 bridgehead atoms. The molecule has 0 aliphatic carbocycles. The van der Waals surface area contributed by atoms with Gasteiger partial charge in [0, 0.05) is 11.8 Å². The molecule has 25 heavy (non-hydrogen) atoms. The topological polar surface area (TPSA) is 66.9 Å². The molecule has 3 aromatic rings. The van der Waals surface area contributed by atoms with Crippen LogP contribution < -0.4 is 10.6 Å². The third-order valence-electron chi connectivity index (χ3n) is 3.20. The molecule has 1 heterocycles. The van der Waals surface area contributed by atoms with E-state index in [2.05, 4.69) is 20.6 Å². The molecule has 0 saturated heterocycles. The maximum atomic E-state index is 13.2. The second kappa shape index (κ2) is 7.23. The number of para-hydroxylation sites is 1. The van der Waals surface area contributed by atoms with Gasteiger partial charge in [-0.05, 0) is 24.3 Å². The number of hydrogen-bond donors (Lipinski definition) is 2. The van der Waals surface area contributed by atoms with Crippen molar-refractivity contribution in [2.45, 2.75) is 0 Å². The molecule has 0 aliphatic rings. The number of carbonyl (C=O) groups excluding carboxylic acids is 1. The predicted octanol–water partition coefficient (Wildman–Crippen LogP) is 4.40. The van der Waals surface area contributed by atoms with Crippen LogP contribution in [-0.4, -0.2) is 15.9 Å². The average molecular weight is 361 g/mol. The smallest absolute Gasteiger partial charge is 0.275 e. The summed E-state index contributed by atoms with van der Waals surface area (Å²) in [6, 6.07) is 10.2. The molecule has 0 saturated carbocycles. The molecular formula is C17H11ClF2N4O. The fourth-order valence-corrected chi connectivity index (χ4v) is 2.16. The molecule has 1 amide bonds. The van der Waals surface area contributed by atoms with Crippen LogP contribution in [0.15, 0.2) is 54.9 Å². The van der Waals surface area contributed by atoms with E-state index >= 15 is 0 Å². The Morgan fingerprint density at radius 1 is 1.00 bits per heavy atom. The van der Waals surface area contributed by atoms with Crippen LogP contribution in [0.4, 0.5) is 26.0 Å². The zero-order valence-electron chi connectivity index (χ0n) is 12.6. The van der Waals surface area contributed by atoms with Crippen molar-refractivity contribution >= 4 is 34.7 Å². The first-order valence-electron chi connectivity index (χ1n) is 7.13. The van der Waals surface area contributed by atoms with Crippen LogP contribution >= 0.6 is 11.6 Å². The molecule has 3 rings (SSSR count). The first kappa shape index (κ1) is 16.8. The molecular weight excluding hydrogens is 350 g/mol. The normalized spacial score (nSPS) is 10.4. The molecule has 0 spiro atoms. The summed E-state index contributed by atoms with van der Waals surface area (Å²) >= 11 is 6.04. The highest BCUT2D eigenvalue weighted by atomic mass is 35.5. The van der Waals surface area contributed by atoms with Crippen LogP contribution in [-0.2, 0) is 0 Å². The summed E-state index contributed by atoms with van der Waals surface area (Å²) in [7, 11) is 0. The summed E-state index contributed by atoms with van der Waals surface area (Å²) < 4.78 is 26.0. The van der Waals surface area contributed by atoms with Crippen molar-refractivity contribution in [3.05, 3.63) is 77.2 Å². The summed E-state index contributed by atoms with van der Waals surface area (Å²) in [6.45, 7) is 0. The molecule has 126 valence electrons. The summed E-state index contributed by atoms with van der Waals surface area (Å²) in [5.74, 6) is -2.24. The zero-order chi connectivity index (χ0) is 17.8. The molecule has 1 aromatic heterocycles. The van der Waals surface area contributed by atoms with E-state index in [1.165, 1.54) is 18.5 Å². The van der Waals surface area contributed by atoms with Crippen LogP contribution in [0.2, 0.25) is 5.02 Å². The quantitative estimate of drug-likeness (QED) is 0.723. The van der Waals surface area contributed by atoms with Gasteiger partial charge in [0.1, 0.15) is 11.5 Å². The third-order valence-corrected chi connectivity index (χ3v) is 3.53. The van der Waals surface area contributed by atoms with E-state index in [4.69, 9.17) is 11.6 Å². The highest BCUT2D eigenvalue weighted by Crippen LogP contribution is 2.23. The number of nitrogens with one attached hydrogen (secondary N) is 2. The minimum Gasteiger partial charge on any atom is -0.338 e. The fraction of sp³-hybridized carbons (Fsp3) is 0. The Morgan fingerprint density at radius 2 is 1.80 bits per heavy atom. The van der Waals surface area contributed by atoms with Gasteiger partial charge in [-0.1, -0.05) is 23.7 Å². The van der Waals surface area contributed by atoms with Gasteiger partial charge in [-0.15, -0.1) is 0 Å². The second-order valence-corrected chi connectivity index (χ2v) is 5.38. The Morgan fingerprint density at radius 3 is 2.48 bits per heavy atom. The molecule has 0 aliphatic heterocycles. The average Bonchev–Trinajstić information content (AvgIpc) is 2.61. The van der Waals surface area contributed by atoms with Crippen molar-refractivity contribution in [2.24, 2.45) is 0 Å². The van der Waals surface area contributed by atoms with E-state index in [1.807, 2.05) is 6.07 Å². The standard InChI is InChI=1S/C17H11ClF2N4O/c18-11-3-1-2-4-14(11)24-16-9-21-15(8-22-16)17(25)23-10-5-6-12(19)13(20)7-10/h1-9H,(H,22,24)(H,23,25). The zero-order valence-corrected chi connectivity index (χ0v) is 13.4. The molecule has 2 aromatic carbocycles. The number of halogens is 3. The molecule has 2 N–H and O–H groups in total. The Hall–Kier alpha value is -3.06. The maximum Gasteiger partial charge on any atom is 0.275 e. The molecule has 5 nitrogen and oxygen atoms in total. The van der Waals surface area contributed by atoms with E-state index in [1.54, 1.807) is 18.2 Å². The largest absolute Gasteiger partial charge is 0.338 e. The highest BCUT2D eigenvalue weighted by Gasteiger charge is 2.11. The summed E-state index contributed by atoms with van der Waals surface area (Å²) in [5, 5.41) is 5.91. The number of anilines is 3. The predicted molar refractivity (Wildman–Crippen MR) is 91.1 cm³/mol. The minimum atomic E-state index is -1.05. The van der Waals surface area contributed by atoms with Gasteiger partial charge in [0.05, 0.1) is 23.1 Å². The van der Waals surface area contributed by atoms with Gasteiger partial charge < -0.3 is 10.6 Å². The molecule has 0 radical (unpaired) electrons. The number of rotatable bonds is 4. The third kappa shape index (κ3) is 4.07. The van der Waals surface area contributed by atoms with E-state index in [0.717, 1.165) is 12.1 Å². The molecule has 0 atom stereocenters. The van der Waals surface area contributed by atoms with Gasteiger partial charge >= 0.3 is 0 Å². The van der Waals surface area contributed by atoms with Gasteiger partial charge in [-0.25, -0.2) is 18.7 Å². The van der Waals surface area contributed by atoms with Crippen LogP contribution in [0.3, 0.4) is 0 Å². The Bertz CT molecular complexity index is 919. The van der Waals surface area contributed by atoms with Crippen LogP contribution in [0.1, 0.15) is 10.5 Å². The van der Waals surface area contributed by atoms with Crippen LogP contribution in [0.25, 0.3) is 0 Å². The van der Waals surface area contributed by atoms with Crippen molar-refractivity contribution in [3.8, 4) is 0 Å². The Labute approximate surface area is 146 Å². The first-order chi connectivity index (χ1) is 12.0. The van der Waals surface area contributed by atoms with Crippen molar-refractivity contribution < 1.29 is 13.6 Å². The van der Waals surface area contributed by atoms with Crippen LogP contribution in [0.5, 0.6) is 0 Å². The van der Waals surface area contributed by atoms with Gasteiger partial charge in [0.2, 0.25) is 0 Å². The van der Waals surface area contributed by atoms with Crippen LogP contribution in [0, 0.1) is 11.6 Å². The summed E-state index contributed by atoms with van der Waals surface area (Å²) in [5.41, 5.74) is 0.788. The summed E-state index contributed by atoms with van der Waals surface area (Å²) in [4.78, 5) is 20.1. The Balaban J connectivity index is 1.70. The number of carbonyl (C=O) groups is 1. The molecule has 0 fully saturated rings. The van der Waals surface area contributed by atoms with Gasteiger partial charge in [0.25, 0.3) is 5.91 Å². The minimum absolute atomic E-state index is 0.0226. The SMILES string of the molecule is O=C(Nc1ccc(F)c(F)c1)c1cnc(Nc2ccccc2Cl)cn1. The van der Waals surface area contributed by atoms with Crippen molar-refractivity contribution in [2.75, 3.05) is 10.6 Å². The van der Waals surface area contributed by atoms with Crippen molar-refractivity contribution in [1.29, 1.82) is 0 Å². The van der Waals surface area contributed by atoms with E-state index in [0.29, 0.717) is 16.5 Å². The lowest BCUT2D eigenvalue weighted by Crippen LogP contribution is -2.14. The van der Waals surface area contributed by atoms with E-state index < -0.39 is 17.5 Å². The first-order valence-corrected chi connectivity index (χ1v) is 7.51. The van der Waals surface area contributed by atoms with Crippen molar-refractivity contribution in [3.63, 3.8) is 0 Å². The number of nitrogens with zero attached hydrogens (tertiary/aromatic N) is 2. The van der Waals surface area contributed by atoms with Gasteiger partial charge in [0.15, 0.2) is 11.6 Å². The lowest BCUT2D eigenvalue weighted by atomic mass is 10.3. The number of hydrogen-bond acceptors (Lipinski definition) is 4. The summed E-state index contributed by atoms with van der Waals surface area (Å²) in [6.07, 6.45) is 2.62. The lowest BCUT2D eigenvalue weighted by molar-refractivity contribution is 0.102. The molecule has 0 unspecified atom stereocenters. The van der Waals surface area contributed by atoms with E-state index in [9.17, 15) is 13.6 Å². The number of benzene rings is 2. The van der Waals surface area contributed by atoms with Gasteiger partial charge in [-0.2, -0.15) is 0 Å². The van der Waals surface area contributed by atoms with E-state index in [-0.39, 0.29) is 11.4 Å². The second-order valence-electron chi connectivity index (χ2n) is 4.97. The number of aromatic nitrogens is 2. The van der Waals surface area contributed by atoms with Crippen molar-refractivity contribution in [1.82, 2.24) is 9.97 Å². The molecule has 8 heteroatoms. The fourth-order valence-electron chi connectivity index (χ4n) is 1.98. The highest BCUT2D eigenvalue weighted by molar-refractivity contribution is 6.33. The Kier molecular flexibility index (Phi) is 4.85. The van der Waals surface area contributed by atoms with Gasteiger partial charge in [-0.3, -0.25) is 4.79 Å².